The van der Waals surface area contributed by atoms with Crippen molar-refractivity contribution in [2.24, 2.45) is 34.5 Å². The maximum absolute atomic E-state index is 13.0. The topological polar surface area (TPSA) is 80.7 Å². The van der Waals surface area contributed by atoms with E-state index in [4.69, 9.17) is 4.74 Å². The van der Waals surface area contributed by atoms with Gasteiger partial charge in [-0.2, -0.15) is 0 Å². The van der Waals surface area contributed by atoms with E-state index >= 15 is 0 Å². The van der Waals surface area contributed by atoms with Gasteiger partial charge in [-0.25, -0.2) is 0 Å². The van der Waals surface area contributed by atoms with Crippen LogP contribution in [-0.2, 0) is 19.1 Å². The van der Waals surface area contributed by atoms with Gasteiger partial charge in [0.15, 0.2) is 12.4 Å². The minimum Gasteiger partial charge on any atom is -0.458 e. The number of carbonyl (C=O) groups excluding carboxylic acids is 3. The fraction of sp³-hybridized carbons (Fsp3) is 0.800. The lowest BCUT2D eigenvalue weighted by atomic mass is 9.43. The zero-order valence-corrected chi connectivity index (χ0v) is 18.8. The summed E-state index contributed by atoms with van der Waals surface area (Å²) in [6.45, 7) is 7.55. The van der Waals surface area contributed by atoms with Crippen molar-refractivity contribution in [1.82, 2.24) is 0 Å². The number of fused-ring (bicyclic) bond motifs is 5. The summed E-state index contributed by atoms with van der Waals surface area (Å²) in [7, 11) is 0. The molecule has 4 aliphatic rings. The molecule has 166 valence electrons. The normalized spacial score (nSPS) is 45.1. The van der Waals surface area contributed by atoms with Gasteiger partial charge in [-0.1, -0.05) is 26.3 Å². The number of esters is 1. The molecule has 3 saturated carbocycles. The number of ketones is 2. The van der Waals surface area contributed by atoms with Crippen molar-refractivity contribution < 1.29 is 24.2 Å². The highest BCUT2D eigenvalue weighted by Gasteiger charge is 2.67. The van der Waals surface area contributed by atoms with Gasteiger partial charge in [0.25, 0.3) is 0 Å². The number of ether oxygens (including phenoxy) is 1. The van der Waals surface area contributed by atoms with Crippen LogP contribution in [0.5, 0.6) is 0 Å². The molecule has 0 aromatic rings. The van der Waals surface area contributed by atoms with Crippen LogP contribution in [0.4, 0.5) is 0 Å². The second kappa shape index (κ2) is 7.29. The molecule has 0 aromatic heterocycles. The lowest BCUT2D eigenvalue weighted by Gasteiger charge is -2.61. The molecule has 0 saturated heterocycles. The Bertz CT molecular complexity index is 799. The Hall–Kier alpha value is -1.49. The highest BCUT2D eigenvalue weighted by molar-refractivity contribution is 5.92. The summed E-state index contributed by atoms with van der Waals surface area (Å²) in [6, 6.07) is 0. The monoisotopic (exact) mass is 416 g/mol. The summed E-state index contributed by atoms with van der Waals surface area (Å²) in [5, 5.41) is 11.6. The van der Waals surface area contributed by atoms with Crippen LogP contribution in [-0.4, -0.2) is 34.9 Å². The Kier molecular flexibility index (Phi) is 5.28. The molecule has 5 nitrogen and oxygen atoms in total. The first-order valence-corrected chi connectivity index (χ1v) is 11.7. The largest absolute Gasteiger partial charge is 0.458 e. The van der Waals surface area contributed by atoms with E-state index in [1.54, 1.807) is 0 Å². The van der Waals surface area contributed by atoms with E-state index in [0.717, 1.165) is 38.5 Å². The van der Waals surface area contributed by atoms with Crippen LogP contribution in [0.3, 0.4) is 0 Å². The van der Waals surface area contributed by atoms with Gasteiger partial charge in [-0.15, -0.1) is 0 Å². The Morgan fingerprint density at radius 3 is 2.57 bits per heavy atom. The summed E-state index contributed by atoms with van der Waals surface area (Å²) >= 11 is 0. The van der Waals surface area contributed by atoms with Crippen LogP contribution < -0.4 is 0 Å². The van der Waals surface area contributed by atoms with Crippen LogP contribution >= 0.6 is 0 Å². The number of aliphatic hydroxyl groups is 1. The highest BCUT2D eigenvalue weighted by Crippen LogP contribution is 2.69. The zero-order valence-electron chi connectivity index (χ0n) is 18.8. The summed E-state index contributed by atoms with van der Waals surface area (Å²) in [6.07, 6.45) is 8.69. The van der Waals surface area contributed by atoms with Gasteiger partial charge in [0.05, 0.1) is 0 Å². The standard InChI is InChI=1S/C25H36O5/c1-5-24-10-6-17(27)13-21(24)15(2)12-18-19-8-11-25(29,22(28)14-30-16(3)26)23(19,4)9-7-20(18)24/h13,15,18-20,29H,5-12,14H2,1-4H3/t15-,18-,19-,20-,23-,24-,25-/m0/s1. The lowest BCUT2D eigenvalue weighted by molar-refractivity contribution is -0.170. The summed E-state index contributed by atoms with van der Waals surface area (Å²) in [4.78, 5) is 36.4. The minimum atomic E-state index is -1.42. The third kappa shape index (κ3) is 2.87. The quantitative estimate of drug-likeness (QED) is 0.700. The van der Waals surface area contributed by atoms with Crippen molar-refractivity contribution in [3.63, 3.8) is 0 Å². The first kappa shape index (κ1) is 21.7. The number of hydrogen-bond acceptors (Lipinski definition) is 5. The Labute approximate surface area is 179 Å². The molecule has 0 aromatic carbocycles. The first-order chi connectivity index (χ1) is 14.1. The van der Waals surface area contributed by atoms with Crippen molar-refractivity contribution in [2.75, 3.05) is 6.61 Å². The average Bonchev–Trinajstić information content (AvgIpc) is 2.99. The molecule has 0 unspecified atom stereocenters. The van der Waals surface area contributed by atoms with Crippen LogP contribution in [0, 0.1) is 34.5 Å². The minimum absolute atomic E-state index is 0.0973. The maximum atomic E-state index is 13.0. The van der Waals surface area contributed by atoms with Crippen molar-refractivity contribution in [1.29, 1.82) is 0 Å². The van der Waals surface area contributed by atoms with Crippen molar-refractivity contribution >= 4 is 17.5 Å². The number of hydrogen-bond donors (Lipinski definition) is 1. The molecule has 3 fully saturated rings. The Balaban J connectivity index is 1.66. The van der Waals surface area contributed by atoms with E-state index in [9.17, 15) is 19.5 Å². The van der Waals surface area contributed by atoms with Crippen molar-refractivity contribution in [3.8, 4) is 0 Å². The second-order valence-corrected chi connectivity index (χ2v) is 10.6. The van der Waals surface area contributed by atoms with Crippen molar-refractivity contribution in [3.05, 3.63) is 11.6 Å². The second-order valence-electron chi connectivity index (χ2n) is 10.6. The predicted octanol–water partition coefficient (Wildman–Crippen LogP) is 4.02. The molecular weight excluding hydrogens is 380 g/mol. The SMILES string of the molecule is CC[C@@]12CCC(=O)C=C1[C@@H](C)C[C@@H]1[C@@H]2CC[C@@]2(C)[C@H]1CC[C@]2(O)C(=O)COC(C)=O. The fourth-order valence-electron chi connectivity index (χ4n) is 8.15. The van der Waals surface area contributed by atoms with Crippen molar-refractivity contribution in [2.45, 2.75) is 84.7 Å². The Morgan fingerprint density at radius 2 is 1.90 bits per heavy atom. The maximum Gasteiger partial charge on any atom is 0.303 e. The van der Waals surface area contributed by atoms with E-state index < -0.39 is 17.0 Å². The average molecular weight is 417 g/mol. The van der Waals surface area contributed by atoms with E-state index in [1.807, 2.05) is 6.08 Å². The molecule has 5 heteroatoms. The number of rotatable bonds is 4. The molecule has 4 rings (SSSR count). The van der Waals surface area contributed by atoms with E-state index in [0.29, 0.717) is 30.6 Å². The van der Waals surface area contributed by atoms with E-state index in [2.05, 4.69) is 20.8 Å². The molecule has 0 spiro atoms. The van der Waals surface area contributed by atoms with Crippen LogP contribution in [0.1, 0.15) is 79.1 Å². The first-order valence-electron chi connectivity index (χ1n) is 11.7. The molecule has 0 heterocycles. The summed E-state index contributed by atoms with van der Waals surface area (Å²) < 4.78 is 4.96. The summed E-state index contributed by atoms with van der Waals surface area (Å²) in [5.41, 5.74) is -0.434. The molecular formula is C25H36O5. The highest BCUT2D eigenvalue weighted by atomic mass is 16.5. The number of Topliss-reactive ketones (excluding diaryl/α,β-unsaturated/α-hetero) is 1. The van der Waals surface area contributed by atoms with Crippen LogP contribution in [0.15, 0.2) is 11.6 Å². The molecule has 0 aliphatic heterocycles. The molecule has 0 amide bonds. The predicted molar refractivity (Wildman–Crippen MR) is 112 cm³/mol. The molecule has 0 radical (unpaired) electrons. The Morgan fingerprint density at radius 1 is 1.20 bits per heavy atom. The third-order valence-electron chi connectivity index (χ3n) is 9.66. The molecule has 1 N–H and O–H groups in total. The molecule has 30 heavy (non-hydrogen) atoms. The van der Waals surface area contributed by atoms with Crippen LogP contribution in [0.2, 0.25) is 0 Å². The van der Waals surface area contributed by atoms with Gasteiger partial charge >= 0.3 is 5.97 Å². The van der Waals surface area contributed by atoms with E-state index in [1.165, 1.54) is 12.5 Å². The summed E-state index contributed by atoms with van der Waals surface area (Å²) in [5.74, 6) is 1.05. The smallest absolute Gasteiger partial charge is 0.303 e. The van der Waals surface area contributed by atoms with E-state index in [-0.39, 0.29) is 29.5 Å². The van der Waals surface area contributed by atoms with Gasteiger partial charge in [-0.3, -0.25) is 14.4 Å². The van der Waals surface area contributed by atoms with Gasteiger partial charge < -0.3 is 9.84 Å². The number of allylic oxidation sites excluding steroid dienone is 1. The van der Waals surface area contributed by atoms with Gasteiger partial charge in [0.1, 0.15) is 5.60 Å². The number of carbonyl (C=O) groups is 3. The van der Waals surface area contributed by atoms with Gasteiger partial charge in [0, 0.05) is 18.8 Å². The molecule has 4 aliphatic carbocycles. The fourth-order valence-corrected chi connectivity index (χ4v) is 8.15. The van der Waals surface area contributed by atoms with Crippen LogP contribution in [0.25, 0.3) is 0 Å². The lowest BCUT2D eigenvalue weighted by Crippen LogP contribution is -2.59. The molecule has 7 atom stereocenters. The van der Waals surface area contributed by atoms with Gasteiger partial charge in [-0.05, 0) is 80.1 Å². The van der Waals surface area contributed by atoms with Gasteiger partial charge in [0.2, 0.25) is 5.78 Å². The zero-order chi connectivity index (χ0) is 21.9. The third-order valence-corrected chi connectivity index (χ3v) is 9.66. The molecule has 0 bridgehead atoms.